The van der Waals surface area contributed by atoms with Crippen LogP contribution in [0.2, 0.25) is 0 Å². The molecule has 0 aliphatic carbocycles. The van der Waals surface area contributed by atoms with Crippen molar-refractivity contribution in [1.82, 2.24) is 5.32 Å². The number of hydrogen-bond acceptors (Lipinski definition) is 5. The fourth-order valence-corrected chi connectivity index (χ4v) is 3.84. The number of carbonyl (C=O) groups excluding carboxylic acids is 2. The molecule has 3 rings (SSSR count). The molecular formula is C19H16INO4S. The van der Waals surface area contributed by atoms with Gasteiger partial charge in [0.1, 0.15) is 6.61 Å². The Hall–Kier alpha value is -2.00. The van der Waals surface area contributed by atoms with Gasteiger partial charge in [-0.3, -0.25) is 14.9 Å². The van der Waals surface area contributed by atoms with Crippen LogP contribution in [0.5, 0.6) is 11.5 Å². The van der Waals surface area contributed by atoms with Gasteiger partial charge in [0.25, 0.3) is 11.1 Å². The van der Waals surface area contributed by atoms with Crippen molar-refractivity contribution in [3.05, 3.63) is 61.6 Å². The third kappa shape index (κ3) is 4.39. The van der Waals surface area contributed by atoms with Crippen molar-refractivity contribution >= 4 is 51.6 Å². The number of benzene rings is 2. The van der Waals surface area contributed by atoms with E-state index >= 15 is 0 Å². The zero-order valence-corrected chi connectivity index (χ0v) is 17.1. The molecule has 1 heterocycles. The Morgan fingerprint density at radius 1 is 1.19 bits per heavy atom. The second-order valence-electron chi connectivity index (χ2n) is 5.66. The number of ether oxygens (including phenoxy) is 2. The van der Waals surface area contributed by atoms with Crippen molar-refractivity contribution in [1.29, 1.82) is 0 Å². The first-order chi connectivity index (χ1) is 12.5. The van der Waals surface area contributed by atoms with E-state index in [1.54, 1.807) is 19.3 Å². The van der Waals surface area contributed by atoms with E-state index < -0.39 is 0 Å². The van der Waals surface area contributed by atoms with Crippen LogP contribution < -0.4 is 14.8 Å². The molecule has 0 radical (unpaired) electrons. The van der Waals surface area contributed by atoms with Crippen molar-refractivity contribution in [3.63, 3.8) is 0 Å². The van der Waals surface area contributed by atoms with Crippen molar-refractivity contribution in [2.75, 3.05) is 7.11 Å². The minimum Gasteiger partial charge on any atom is -0.493 e. The maximum atomic E-state index is 11.7. The molecule has 2 aromatic rings. The number of thioether (sulfide) groups is 1. The van der Waals surface area contributed by atoms with E-state index in [2.05, 4.69) is 27.9 Å². The third-order valence-corrected chi connectivity index (χ3v) is 5.31. The van der Waals surface area contributed by atoms with Crippen LogP contribution in [0.1, 0.15) is 16.7 Å². The molecule has 0 bridgehead atoms. The SMILES string of the molecule is COc1cc(/C=C2\SC(=O)NC2=O)cc(I)c1OCc1ccc(C)cc1. The molecule has 134 valence electrons. The number of imide groups is 1. The molecule has 0 aromatic heterocycles. The van der Waals surface area contributed by atoms with Gasteiger partial charge < -0.3 is 9.47 Å². The molecule has 5 nitrogen and oxygen atoms in total. The lowest BCUT2D eigenvalue weighted by Crippen LogP contribution is -2.17. The molecule has 1 fully saturated rings. The number of carbonyl (C=O) groups is 2. The number of rotatable bonds is 5. The number of hydrogen-bond donors (Lipinski definition) is 1. The summed E-state index contributed by atoms with van der Waals surface area (Å²) in [4.78, 5) is 23.3. The minimum absolute atomic E-state index is 0.360. The van der Waals surface area contributed by atoms with Crippen LogP contribution in [0.15, 0.2) is 41.3 Å². The van der Waals surface area contributed by atoms with E-state index in [9.17, 15) is 9.59 Å². The molecule has 2 aromatic carbocycles. The smallest absolute Gasteiger partial charge is 0.290 e. The molecule has 1 saturated heterocycles. The van der Waals surface area contributed by atoms with Gasteiger partial charge in [0, 0.05) is 0 Å². The molecule has 0 atom stereocenters. The number of halogens is 1. The van der Waals surface area contributed by atoms with Gasteiger partial charge in [-0.05, 0) is 70.6 Å². The van der Waals surface area contributed by atoms with Crippen molar-refractivity contribution in [3.8, 4) is 11.5 Å². The fourth-order valence-electron chi connectivity index (χ4n) is 2.38. The van der Waals surface area contributed by atoms with Crippen LogP contribution in [0.3, 0.4) is 0 Å². The highest BCUT2D eigenvalue weighted by atomic mass is 127. The third-order valence-electron chi connectivity index (χ3n) is 3.70. The average Bonchev–Trinajstić information content (AvgIpc) is 2.92. The molecule has 0 spiro atoms. The Kier molecular flexibility index (Phi) is 5.87. The fraction of sp³-hybridized carbons (Fsp3) is 0.158. The second-order valence-corrected chi connectivity index (χ2v) is 7.84. The van der Waals surface area contributed by atoms with Gasteiger partial charge in [0.15, 0.2) is 11.5 Å². The number of aryl methyl sites for hydroxylation is 1. The van der Waals surface area contributed by atoms with Crippen LogP contribution in [0, 0.1) is 10.5 Å². The van der Waals surface area contributed by atoms with E-state index in [0.29, 0.717) is 23.0 Å². The highest BCUT2D eigenvalue weighted by molar-refractivity contribution is 14.1. The van der Waals surface area contributed by atoms with Crippen molar-refractivity contribution < 1.29 is 19.1 Å². The molecular weight excluding hydrogens is 465 g/mol. The first-order valence-corrected chi connectivity index (χ1v) is 9.66. The molecule has 26 heavy (non-hydrogen) atoms. The van der Waals surface area contributed by atoms with Crippen LogP contribution in [0.25, 0.3) is 6.08 Å². The lowest BCUT2D eigenvalue weighted by Gasteiger charge is -2.14. The molecule has 1 aliphatic rings. The standard InChI is InChI=1S/C19H16INO4S/c1-11-3-5-12(6-4-11)10-25-17-14(20)7-13(8-15(17)24-2)9-16-18(22)21-19(23)26-16/h3-9H,10H2,1-2H3,(H,21,22,23)/b16-9-. The van der Waals surface area contributed by atoms with Crippen molar-refractivity contribution in [2.45, 2.75) is 13.5 Å². The summed E-state index contributed by atoms with van der Waals surface area (Å²) in [5, 5.41) is 1.88. The topological polar surface area (TPSA) is 64.6 Å². The molecule has 0 unspecified atom stereocenters. The van der Waals surface area contributed by atoms with Gasteiger partial charge in [0.2, 0.25) is 0 Å². The molecule has 1 N–H and O–H groups in total. The summed E-state index contributed by atoms with van der Waals surface area (Å²) in [7, 11) is 1.57. The van der Waals surface area contributed by atoms with Gasteiger partial charge in [0.05, 0.1) is 15.6 Å². The van der Waals surface area contributed by atoms with Crippen LogP contribution in [-0.2, 0) is 11.4 Å². The second kappa shape index (κ2) is 8.13. The average molecular weight is 481 g/mol. The first-order valence-electron chi connectivity index (χ1n) is 7.77. The van der Waals surface area contributed by atoms with Crippen LogP contribution in [-0.4, -0.2) is 18.3 Å². The summed E-state index contributed by atoms with van der Waals surface area (Å²) in [6.45, 7) is 2.47. The largest absolute Gasteiger partial charge is 0.493 e. The Morgan fingerprint density at radius 3 is 2.54 bits per heavy atom. The monoisotopic (exact) mass is 481 g/mol. The van der Waals surface area contributed by atoms with E-state index in [1.807, 2.05) is 37.3 Å². The molecule has 1 aliphatic heterocycles. The molecule has 7 heteroatoms. The van der Waals surface area contributed by atoms with Gasteiger partial charge >= 0.3 is 0 Å². The normalized spacial score (nSPS) is 15.3. The maximum Gasteiger partial charge on any atom is 0.290 e. The minimum atomic E-state index is -0.381. The van der Waals surface area contributed by atoms with Gasteiger partial charge in [-0.1, -0.05) is 29.8 Å². The summed E-state index contributed by atoms with van der Waals surface area (Å²) >= 11 is 3.06. The van der Waals surface area contributed by atoms with Crippen molar-refractivity contribution in [2.24, 2.45) is 0 Å². The van der Waals surface area contributed by atoms with Gasteiger partial charge in [-0.15, -0.1) is 0 Å². The lowest BCUT2D eigenvalue weighted by molar-refractivity contribution is -0.115. The Labute approximate surface area is 169 Å². The summed E-state index contributed by atoms with van der Waals surface area (Å²) in [6, 6.07) is 11.8. The number of methoxy groups -OCH3 is 1. The van der Waals surface area contributed by atoms with E-state index in [1.165, 1.54) is 5.56 Å². The quantitative estimate of drug-likeness (QED) is 0.503. The highest BCUT2D eigenvalue weighted by Gasteiger charge is 2.25. The number of amides is 2. The zero-order chi connectivity index (χ0) is 18.7. The number of nitrogens with one attached hydrogen (secondary N) is 1. The Morgan fingerprint density at radius 2 is 1.92 bits per heavy atom. The highest BCUT2D eigenvalue weighted by Crippen LogP contribution is 2.36. The van der Waals surface area contributed by atoms with Crippen LogP contribution in [0.4, 0.5) is 4.79 Å². The Bertz CT molecular complexity index is 893. The van der Waals surface area contributed by atoms with E-state index in [4.69, 9.17) is 9.47 Å². The lowest BCUT2D eigenvalue weighted by atomic mass is 10.1. The first kappa shape index (κ1) is 18.8. The van der Waals surface area contributed by atoms with E-state index in [0.717, 1.165) is 26.5 Å². The van der Waals surface area contributed by atoms with E-state index in [-0.39, 0.29) is 11.1 Å². The summed E-state index contributed by atoms with van der Waals surface area (Å²) in [5.41, 5.74) is 3.03. The zero-order valence-electron chi connectivity index (χ0n) is 14.2. The van der Waals surface area contributed by atoms with Gasteiger partial charge in [-0.25, -0.2) is 0 Å². The summed E-state index contributed by atoms with van der Waals surface area (Å²) in [6.07, 6.45) is 1.67. The van der Waals surface area contributed by atoms with Gasteiger partial charge in [-0.2, -0.15) is 0 Å². The summed E-state index contributed by atoms with van der Waals surface area (Å²) < 4.78 is 12.3. The molecule has 0 saturated carbocycles. The maximum absolute atomic E-state index is 11.7. The predicted molar refractivity (Wildman–Crippen MR) is 110 cm³/mol. The predicted octanol–water partition coefficient (Wildman–Crippen LogP) is 4.51. The Balaban J connectivity index is 1.83. The summed E-state index contributed by atoms with van der Waals surface area (Å²) in [5.74, 6) is 0.842. The molecule has 2 amide bonds. The van der Waals surface area contributed by atoms with Crippen LogP contribution >= 0.6 is 34.4 Å².